The number of nitrogens with one attached hydrogen (secondary N) is 1. The molecular formula is C16H33N. The van der Waals surface area contributed by atoms with Crippen molar-refractivity contribution in [3.05, 3.63) is 0 Å². The van der Waals surface area contributed by atoms with Crippen LogP contribution in [-0.2, 0) is 0 Å². The Balaban J connectivity index is 2.70. The predicted octanol–water partition coefficient (Wildman–Crippen LogP) is 4.76. The van der Waals surface area contributed by atoms with Crippen molar-refractivity contribution in [1.82, 2.24) is 5.32 Å². The topological polar surface area (TPSA) is 12.0 Å². The Morgan fingerprint density at radius 2 is 1.53 bits per heavy atom. The maximum atomic E-state index is 3.78. The van der Waals surface area contributed by atoms with Crippen molar-refractivity contribution in [2.75, 3.05) is 6.54 Å². The molecule has 0 bridgehead atoms. The molecule has 0 aromatic rings. The van der Waals surface area contributed by atoms with Crippen LogP contribution in [-0.4, -0.2) is 12.1 Å². The van der Waals surface area contributed by atoms with Crippen molar-refractivity contribution in [3.8, 4) is 0 Å². The fraction of sp³-hybridized carbons (Fsp3) is 1.00. The van der Waals surface area contributed by atoms with Gasteiger partial charge in [-0.15, -0.1) is 0 Å². The molecule has 0 amide bonds. The van der Waals surface area contributed by atoms with Crippen molar-refractivity contribution in [2.24, 2.45) is 11.3 Å². The average Bonchev–Trinajstić information content (AvgIpc) is 2.29. The zero-order valence-electron chi connectivity index (χ0n) is 12.7. The monoisotopic (exact) mass is 239 g/mol. The van der Waals surface area contributed by atoms with Crippen molar-refractivity contribution in [2.45, 2.75) is 85.1 Å². The third-order valence-corrected chi connectivity index (χ3v) is 4.67. The first kappa shape index (κ1) is 15.0. The van der Waals surface area contributed by atoms with Gasteiger partial charge in [-0.2, -0.15) is 0 Å². The van der Waals surface area contributed by atoms with E-state index in [2.05, 4.69) is 39.9 Å². The van der Waals surface area contributed by atoms with Crippen LogP contribution in [0.1, 0.15) is 79.6 Å². The number of hydrogen-bond donors (Lipinski definition) is 1. The molecule has 1 aliphatic carbocycles. The molecule has 1 N–H and O–H groups in total. The molecule has 0 aromatic heterocycles. The van der Waals surface area contributed by atoms with E-state index in [-0.39, 0.29) is 5.54 Å². The molecule has 0 saturated heterocycles. The van der Waals surface area contributed by atoms with Gasteiger partial charge in [0.15, 0.2) is 0 Å². The molecule has 0 unspecified atom stereocenters. The van der Waals surface area contributed by atoms with Crippen LogP contribution < -0.4 is 5.32 Å². The summed E-state index contributed by atoms with van der Waals surface area (Å²) in [7, 11) is 0. The summed E-state index contributed by atoms with van der Waals surface area (Å²) in [6.45, 7) is 12.8. The highest BCUT2D eigenvalue weighted by molar-refractivity contribution is 4.91. The maximum Gasteiger partial charge on any atom is 0.00967 e. The van der Waals surface area contributed by atoms with Crippen LogP contribution >= 0.6 is 0 Å². The Hall–Kier alpha value is -0.0400. The van der Waals surface area contributed by atoms with E-state index < -0.39 is 0 Å². The molecule has 102 valence electrons. The Morgan fingerprint density at radius 3 is 1.94 bits per heavy atom. The largest absolute Gasteiger partial charge is 0.312 e. The minimum atomic E-state index is 0.260. The van der Waals surface area contributed by atoms with Gasteiger partial charge in [0.2, 0.25) is 0 Å². The van der Waals surface area contributed by atoms with Gasteiger partial charge in [-0.1, -0.05) is 46.0 Å². The normalized spacial score (nSPS) is 20.8. The van der Waals surface area contributed by atoms with Crippen LogP contribution in [0.3, 0.4) is 0 Å². The average molecular weight is 239 g/mol. The van der Waals surface area contributed by atoms with Crippen LogP contribution in [0.5, 0.6) is 0 Å². The SMILES string of the molecule is CCC(CC)C1(CNC(C)(C)C)CCCCC1. The second-order valence-corrected chi connectivity index (χ2v) is 7.04. The second-order valence-electron chi connectivity index (χ2n) is 7.04. The van der Waals surface area contributed by atoms with Gasteiger partial charge in [0.1, 0.15) is 0 Å². The third kappa shape index (κ3) is 4.28. The summed E-state index contributed by atoms with van der Waals surface area (Å²) in [6, 6.07) is 0. The zero-order valence-corrected chi connectivity index (χ0v) is 12.7. The van der Waals surface area contributed by atoms with E-state index in [4.69, 9.17) is 0 Å². The van der Waals surface area contributed by atoms with Gasteiger partial charge < -0.3 is 5.32 Å². The molecule has 0 aromatic carbocycles. The summed E-state index contributed by atoms with van der Waals surface area (Å²) in [5.74, 6) is 0.914. The van der Waals surface area contributed by atoms with Crippen LogP contribution in [0.4, 0.5) is 0 Å². The van der Waals surface area contributed by atoms with Gasteiger partial charge in [0.05, 0.1) is 0 Å². The van der Waals surface area contributed by atoms with Crippen molar-refractivity contribution < 1.29 is 0 Å². The van der Waals surface area contributed by atoms with Crippen LogP contribution in [0.25, 0.3) is 0 Å². The lowest BCUT2D eigenvalue weighted by molar-refractivity contribution is 0.0787. The molecule has 0 aliphatic heterocycles. The fourth-order valence-electron chi connectivity index (χ4n) is 3.58. The molecule has 1 saturated carbocycles. The summed E-state index contributed by atoms with van der Waals surface area (Å²) >= 11 is 0. The molecule has 0 spiro atoms. The predicted molar refractivity (Wildman–Crippen MR) is 77.3 cm³/mol. The molecule has 0 atom stereocenters. The Morgan fingerprint density at radius 1 is 1.00 bits per heavy atom. The van der Waals surface area contributed by atoms with E-state index >= 15 is 0 Å². The van der Waals surface area contributed by atoms with Crippen molar-refractivity contribution in [3.63, 3.8) is 0 Å². The molecule has 0 heterocycles. The van der Waals surface area contributed by atoms with E-state index in [1.54, 1.807) is 0 Å². The highest BCUT2D eigenvalue weighted by Gasteiger charge is 2.38. The maximum absolute atomic E-state index is 3.78. The van der Waals surface area contributed by atoms with E-state index in [0.717, 1.165) is 5.92 Å². The van der Waals surface area contributed by atoms with Crippen molar-refractivity contribution in [1.29, 1.82) is 0 Å². The van der Waals surface area contributed by atoms with Gasteiger partial charge in [-0.05, 0) is 44.9 Å². The first-order valence-corrected chi connectivity index (χ1v) is 7.68. The molecule has 1 heteroatoms. The van der Waals surface area contributed by atoms with E-state index in [0.29, 0.717) is 5.41 Å². The highest BCUT2D eigenvalue weighted by atomic mass is 15.0. The lowest BCUT2D eigenvalue weighted by Gasteiger charge is -2.45. The summed E-state index contributed by atoms with van der Waals surface area (Å²) in [4.78, 5) is 0. The second kappa shape index (κ2) is 6.22. The molecule has 1 fully saturated rings. The molecule has 1 nitrogen and oxygen atoms in total. The van der Waals surface area contributed by atoms with E-state index in [1.165, 1.54) is 51.5 Å². The van der Waals surface area contributed by atoms with Crippen LogP contribution in [0.15, 0.2) is 0 Å². The number of hydrogen-bond acceptors (Lipinski definition) is 1. The number of rotatable bonds is 5. The molecule has 1 rings (SSSR count). The lowest BCUT2D eigenvalue weighted by atomic mass is 9.64. The lowest BCUT2D eigenvalue weighted by Crippen LogP contribution is -2.47. The van der Waals surface area contributed by atoms with Gasteiger partial charge in [-0.25, -0.2) is 0 Å². The molecule has 0 radical (unpaired) electrons. The van der Waals surface area contributed by atoms with Crippen LogP contribution in [0.2, 0.25) is 0 Å². The summed E-state index contributed by atoms with van der Waals surface area (Å²) in [5, 5.41) is 3.78. The first-order valence-electron chi connectivity index (χ1n) is 7.68. The van der Waals surface area contributed by atoms with Gasteiger partial charge in [0.25, 0.3) is 0 Å². The van der Waals surface area contributed by atoms with Crippen LogP contribution in [0, 0.1) is 11.3 Å². The Kier molecular flexibility index (Phi) is 5.50. The first-order chi connectivity index (χ1) is 7.93. The third-order valence-electron chi connectivity index (χ3n) is 4.67. The fourth-order valence-corrected chi connectivity index (χ4v) is 3.58. The summed E-state index contributed by atoms with van der Waals surface area (Å²) in [6.07, 6.45) is 9.94. The van der Waals surface area contributed by atoms with E-state index in [9.17, 15) is 0 Å². The van der Waals surface area contributed by atoms with E-state index in [1.807, 2.05) is 0 Å². The minimum absolute atomic E-state index is 0.260. The van der Waals surface area contributed by atoms with Gasteiger partial charge in [-0.3, -0.25) is 0 Å². The minimum Gasteiger partial charge on any atom is -0.312 e. The Bertz CT molecular complexity index is 204. The molecular weight excluding hydrogens is 206 g/mol. The van der Waals surface area contributed by atoms with Gasteiger partial charge >= 0.3 is 0 Å². The van der Waals surface area contributed by atoms with Gasteiger partial charge in [0, 0.05) is 12.1 Å². The standard InChI is InChI=1S/C16H33N/c1-6-14(7-2)16(11-9-8-10-12-16)13-17-15(3,4)5/h14,17H,6-13H2,1-5H3. The summed E-state index contributed by atoms with van der Waals surface area (Å²) < 4.78 is 0. The molecule has 1 aliphatic rings. The molecule has 17 heavy (non-hydrogen) atoms. The smallest absolute Gasteiger partial charge is 0.00967 e. The Labute approximate surface area is 109 Å². The summed E-state index contributed by atoms with van der Waals surface area (Å²) in [5.41, 5.74) is 0.853. The van der Waals surface area contributed by atoms with Crippen molar-refractivity contribution >= 4 is 0 Å². The zero-order chi connectivity index (χ0) is 12.9. The highest BCUT2D eigenvalue weighted by Crippen LogP contribution is 2.45. The quantitative estimate of drug-likeness (QED) is 0.729.